The van der Waals surface area contributed by atoms with Crippen LogP contribution < -0.4 is 21.3 Å². The molecule has 2 aliphatic rings. The number of hydrogen-bond acceptors (Lipinski definition) is 9. The Bertz CT molecular complexity index is 1090. The summed E-state index contributed by atoms with van der Waals surface area (Å²) in [5.41, 5.74) is 0.974. The lowest BCUT2D eigenvalue weighted by atomic mass is 9.84. The number of aliphatic hydroxyl groups is 1. The van der Waals surface area contributed by atoms with Crippen molar-refractivity contribution in [1.29, 1.82) is 0 Å². The van der Waals surface area contributed by atoms with E-state index in [1.807, 2.05) is 29.8 Å². The van der Waals surface area contributed by atoms with Crippen molar-refractivity contribution in [3.63, 3.8) is 0 Å². The van der Waals surface area contributed by atoms with E-state index in [0.29, 0.717) is 11.5 Å². The maximum absolute atomic E-state index is 12.5. The van der Waals surface area contributed by atoms with Gasteiger partial charge in [0.15, 0.2) is 0 Å². The Morgan fingerprint density at radius 3 is 2.84 bits per heavy atom. The molecular weight excluding hydrogens is 444 g/mol. The second-order valence-corrected chi connectivity index (χ2v) is 10.8. The molecule has 1 atom stereocenters. The van der Waals surface area contributed by atoms with E-state index in [9.17, 15) is 9.90 Å². The van der Waals surface area contributed by atoms with Gasteiger partial charge in [0.1, 0.15) is 5.82 Å². The molecule has 3 aromatic heterocycles. The summed E-state index contributed by atoms with van der Waals surface area (Å²) in [6.45, 7) is 3.68. The molecule has 170 valence electrons. The van der Waals surface area contributed by atoms with Gasteiger partial charge in [-0.25, -0.2) is 4.98 Å². The highest BCUT2D eigenvalue weighted by Crippen LogP contribution is 2.33. The van der Waals surface area contributed by atoms with Crippen LogP contribution in [0.2, 0.25) is 0 Å². The van der Waals surface area contributed by atoms with Gasteiger partial charge in [-0.05, 0) is 63.1 Å². The number of aromatic nitrogens is 2. The SMILES string of the molecule is C[C@]1(O)CC[C@H](Nc2nc(Nc3cc(C(=O)N[C@H]4CCNC4)cs3)nc3ccsc23)CC1. The van der Waals surface area contributed by atoms with Crippen molar-refractivity contribution in [2.75, 3.05) is 23.7 Å². The fourth-order valence-electron chi connectivity index (χ4n) is 4.27. The smallest absolute Gasteiger partial charge is 0.252 e. The molecule has 2 fully saturated rings. The van der Waals surface area contributed by atoms with Gasteiger partial charge in [-0.1, -0.05) is 0 Å². The van der Waals surface area contributed by atoms with Gasteiger partial charge in [0.2, 0.25) is 5.95 Å². The van der Waals surface area contributed by atoms with Crippen molar-refractivity contribution >= 4 is 55.6 Å². The first-order chi connectivity index (χ1) is 15.4. The van der Waals surface area contributed by atoms with Crippen LogP contribution >= 0.6 is 22.7 Å². The van der Waals surface area contributed by atoms with Gasteiger partial charge in [-0.2, -0.15) is 4.98 Å². The summed E-state index contributed by atoms with van der Waals surface area (Å²) in [6, 6.07) is 4.32. The Morgan fingerprint density at radius 2 is 2.06 bits per heavy atom. The highest BCUT2D eigenvalue weighted by atomic mass is 32.1. The molecule has 3 aromatic rings. The van der Waals surface area contributed by atoms with Gasteiger partial charge in [-0.3, -0.25) is 4.79 Å². The van der Waals surface area contributed by atoms with Crippen molar-refractivity contribution in [2.24, 2.45) is 0 Å². The molecule has 5 N–H and O–H groups in total. The molecule has 1 aliphatic heterocycles. The van der Waals surface area contributed by atoms with Crippen molar-refractivity contribution < 1.29 is 9.90 Å². The van der Waals surface area contributed by atoms with Crippen LogP contribution in [0.4, 0.5) is 16.8 Å². The topological polar surface area (TPSA) is 111 Å². The molecular formula is C22H28N6O2S2. The summed E-state index contributed by atoms with van der Waals surface area (Å²) in [7, 11) is 0. The Morgan fingerprint density at radius 1 is 1.22 bits per heavy atom. The van der Waals surface area contributed by atoms with Crippen LogP contribution in [0.1, 0.15) is 49.4 Å². The predicted molar refractivity (Wildman–Crippen MR) is 130 cm³/mol. The molecule has 0 radical (unpaired) electrons. The Kier molecular flexibility index (Phi) is 6.02. The average Bonchev–Trinajstić information content (AvgIpc) is 3.51. The molecule has 32 heavy (non-hydrogen) atoms. The van der Waals surface area contributed by atoms with Crippen LogP contribution in [0.5, 0.6) is 0 Å². The third kappa shape index (κ3) is 4.88. The van der Waals surface area contributed by atoms with Crippen LogP contribution in [0.25, 0.3) is 10.2 Å². The maximum atomic E-state index is 12.5. The van der Waals surface area contributed by atoms with Gasteiger partial charge in [0.05, 0.1) is 26.4 Å². The monoisotopic (exact) mass is 472 g/mol. The third-order valence-corrected chi connectivity index (χ3v) is 7.96. The number of thiophene rings is 2. The maximum Gasteiger partial charge on any atom is 0.252 e. The number of fused-ring (bicyclic) bond motifs is 1. The van der Waals surface area contributed by atoms with E-state index in [-0.39, 0.29) is 18.0 Å². The highest BCUT2D eigenvalue weighted by Gasteiger charge is 2.29. The van der Waals surface area contributed by atoms with Crippen molar-refractivity contribution in [3.05, 3.63) is 28.5 Å². The molecule has 0 spiro atoms. The number of carbonyl (C=O) groups excluding carboxylic acids is 1. The van der Waals surface area contributed by atoms with Gasteiger partial charge in [0, 0.05) is 24.0 Å². The molecule has 5 rings (SSSR count). The lowest BCUT2D eigenvalue weighted by Gasteiger charge is -2.33. The summed E-state index contributed by atoms with van der Waals surface area (Å²) >= 11 is 3.09. The van der Waals surface area contributed by atoms with Crippen LogP contribution in [-0.2, 0) is 0 Å². The number of nitrogens with one attached hydrogen (secondary N) is 4. The standard InChI is InChI=1S/C22H28N6O2S2/c1-22(30)6-2-14(3-7-22)24-19-18-16(5-9-31-18)26-21(28-19)27-17-10-13(12-32-17)20(29)25-15-4-8-23-11-15/h5,9-10,12,14-15,23,30H,2-4,6-8,11H2,1H3,(H,25,29)(H2,24,26,27,28)/t14-,15-,22-/m0/s1. The van der Waals surface area contributed by atoms with Crippen LogP contribution in [0.15, 0.2) is 22.9 Å². The van der Waals surface area contributed by atoms with E-state index in [0.717, 1.165) is 66.2 Å². The molecule has 10 heteroatoms. The molecule has 0 unspecified atom stereocenters. The first-order valence-corrected chi connectivity index (χ1v) is 12.8. The molecule has 1 aliphatic carbocycles. The predicted octanol–water partition coefficient (Wildman–Crippen LogP) is 3.69. The summed E-state index contributed by atoms with van der Waals surface area (Å²) in [4.78, 5) is 21.9. The fraction of sp³-hybridized carbons (Fsp3) is 0.500. The zero-order chi connectivity index (χ0) is 22.1. The van der Waals surface area contributed by atoms with E-state index in [4.69, 9.17) is 4.98 Å². The summed E-state index contributed by atoms with van der Waals surface area (Å²) in [6.07, 6.45) is 4.35. The van der Waals surface area contributed by atoms with E-state index in [2.05, 4.69) is 26.3 Å². The average molecular weight is 473 g/mol. The molecule has 1 saturated heterocycles. The third-order valence-electron chi connectivity index (χ3n) is 6.20. The normalized spacial score (nSPS) is 25.7. The first kappa shape index (κ1) is 21.6. The second-order valence-electron chi connectivity index (χ2n) is 8.93. The first-order valence-electron chi connectivity index (χ1n) is 11.1. The quantitative estimate of drug-likeness (QED) is 0.372. The van der Waals surface area contributed by atoms with Crippen LogP contribution in [-0.4, -0.2) is 51.8 Å². The molecule has 8 nitrogen and oxygen atoms in total. The Balaban J connectivity index is 1.29. The second kappa shape index (κ2) is 8.93. The number of amides is 1. The Labute approximate surface area is 194 Å². The minimum Gasteiger partial charge on any atom is -0.390 e. The van der Waals surface area contributed by atoms with Crippen LogP contribution in [0.3, 0.4) is 0 Å². The summed E-state index contributed by atoms with van der Waals surface area (Å²) < 4.78 is 1.03. The lowest BCUT2D eigenvalue weighted by Crippen LogP contribution is -2.36. The van der Waals surface area contributed by atoms with E-state index >= 15 is 0 Å². The molecule has 0 bridgehead atoms. The number of rotatable bonds is 6. The largest absolute Gasteiger partial charge is 0.390 e. The summed E-state index contributed by atoms with van der Waals surface area (Å²) in [5, 5.41) is 28.1. The van der Waals surface area contributed by atoms with Gasteiger partial charge >= 0.3 is 0 Å². The molecule has 1 saturated carbocycles. The van der Waals surface area contributed by atoms with Crippen LogP contribution in [0, 0.1) is 0 Å². The van der Waals surface area contributed by atoms with E-state index in [1.54, 1.807) is 11.3 Å². The molecule has 4 heterocycles. The minimum atomic E-state index is -0.563. The molecule has 1 amide bonds. The number of anilines is 3. The number of carbonyl (C=O) groups is 1. The lowest BCUT2D eigenvalue weighted by molar-refractivity contribution is 0.0196. The zero-order valence-corrected chi connectivity index (χ0v) is 19.6. The Hall–Kier alpha value is -2.27. The van der Waals surface area contributed by atoms with Gasteiger partial charge in [0.25, 0.3) is 5.91 Å². The minimum absolute atomic E-state index is 0.0484. The number of hydrogen-bond donors (Lipinski definition) is 5. The van der Waals surface area contributed by atoms with Crippen molar-refractivity contribution in [3.8, 4) is 0 Å². The van der Waals surface area contributed by atoms with E-state index < -0.39 is 5.60 Å². The highest BCUT2D eigenvalue weighted by molar-refractivity contribution is 7.17. The van der Waals surface area contributed by atoms with Crippen molar-refractivity contribution in [2.45, 2.75) is 56.7 Å². The van der Waals surface area contributed by atoms with Gasteiger partial charge < -0.3 is 26.4 Å². The zero-order valence-electron chi connectivity index (χ0n) is 18.0. The summed E-state index contributed by atoms with van der Waals surface area (Å²) in [5.74, 6) is 1.28. The fourth-order valence-corrected chi connectivity index (χ4v) is 5.83. The molecule has 0 aromatic carbocycles. The number of nitrogens with zero attached hydrogens (tertiary/aromatic N) is 2. The van der Waals surface area contributed by atoms with Crippen molar-refractivity contribution in [1.82, 2.24) is 20.6 Å². The van der Waals surface area contributed by atoms with Gasteiger partial charge in [-0.15, -0.1) is 22.7 Å². The van der Waals surface area contributed by atoms with E-state index in [1.165, 1.54) is 11.3 Å².